The van der Waals surface area contributed by atoms with Crippen molar-refractivity contribution in [2.45, 2.75) is 32.4 Å². The number of aryl methyl sites for hydroxylation is 1. The molecule has 106 valence electrons. The summed E-state index contributed by atoms with van der Waals surface area (Å²) in [7, 11) is 0. The van der Waals surface area contributed by atoms with Crippen molar-refractivity contribution in [1.82, 2.24) is 4.98 Å². The number of nitriles is 1. The minimum atomic E-state index is 0.521. The summed E-state index contributed by atoms with van der Waals surface area (Å²) in [5.74, 6) is 0.886. The van der Waals surface area contributed by atoms with Crippen LogP contribution in [0, 0.1) is 18.3 Å². The Balaban J connectivity index is 1.92. The molecule has 1 aromatic heterocycles. The smallest absolute Gasteiger partial charge is 0.130 e. The third-order valence-electron chi connectivity index (χ3n) is 3.65. The van der Waals surface area contributed by atoms with Crippen molar-refractivity contribution in [1.29, 1.82) is 5.26 Å². The van der Waals surface area contributed by atoms with Crippen molar-refractivity contribution in [3.8, 4) is 6.07 Å². The van der Waals surface area contributed by atoms with Gasteiger partial charge in [-0.2, -0.15) is 5.26 Å². The Kier molecular flexibility index (Phi) is 3.49. The zero-order chi connectivity index (χ0) is 14.8. The number of benzene rings is 1. The maximum Gasteiger partial charge on any atom is 0.130 e. The Morgan fingerprint density at radius 1 is 1.33 bits per heavy atom. The largest absolute Gasteiger partial charge is 0.399 e. The standard InChI is InChI=1S/C17H18N4/c1-12-7-14(10-18)9-17(20-12)21(16-5-6-16)11-13-3-2-4-15(19)8-13/h2-4,7-9,16H,5-6,11,19H2,1H3. The van der Waals surface area contributed by atoms with Gasteiger partial charge >= 0.3 is 0 Å². The van der Waals surface area contributed by atoms with Gasteiger partial charge in [0, 0.05) is 24.0 Å². The lowest BCUT2D eigenvalue weighted by atomic mass is 10.1. The molecule has 0 spiro atoms. The molecule has 0 radical (unpaired) electrons. The Hall–Kier alpha value is -2.54. The molecular formula is C17H18N4. The molecule has 1 aliphatic rings. The van der Waals surface area contributed by atoms with Crippen molar-refractivity contribution >= 4 is 11.5 Å². The van der Waals surface area contributed by atoms with Crippen molar-refractivity contribution in [2.75, 3.05) is 10.6 Å². The molecule has 2 aromatic rings. The van der Waals surface area contributed by atoms with Gasteiger partial charge in [0.25, 0.3) is 0 Å². The van der Waals surface area contributed by atoms with Gasteiger partial charge in [-0.3, -0.25) is 0 Å². The fourth-order valence-corrected chi connectivity index (χ4v) is 2.53. The molecule has 1 saturated carbocycles. The number of pyridine rings is 1. The number of nitrogens with two attached hydrogens (primary N) is 1. The summed E-state index contributed by atoms with van der Waals surface area (Å²) in [6, 6.07) is 14.4. The first-order valence-corrected chi connectivity index (χ1v) is 7.15. The van der Waals surface area contributed by atoms with Crippen LogP contribution in [-0.2, 0) is 6.54 Å². The van der Waals surface area contributed by atoms with Crippen LogP contribution in [0.2, 0.25) is 0 Å². The first kappa shape index (κ1) is 13.4. The highest BCUT2D eigenvalue weighted by Crippen LogP contribution is 2.32. The second-order valence-electron chi connectivity index (χ2n) is 5.57. The number of nitrogens with zero attached hydrogens (tertiary/aromatic N) is 3. The molecule has 0 atom stereocenters. The summed E-state index contributed by atoms with van der Waals surface area (Å²) in [5.41, 5.74) is 9.34. The third-order valence-corrected chi connectivity index (χ3v) is 3.65. The van der Waals surface area contributed by atoms with Crippen molar-refractivity contribution in [3.05, 3.63) is 53.2 Å². The van der Waals surface area contributed by atoms with Gasteiger partial charge < -0.3 is 10.6 Å². The van der Waals surface area contributed by atoms with Gasteiger partial charge in [0.05, 0.1) is 11.6 Å². The van der Waals surface area contributed by atoms with E-state index in [1.807, 2.05) is 37.3 Å². The van der Waals surface area contributed by atoms with E-state index in [4.69, 9.17) is 11.0 Å². The average Bonchev–Trinajstić information content (AvgIpc) is 3.28. The van der Waals surface area contributed by atoms with E-state index in [9.17, 15) is 0 Å². The van der Waals surface area contributed by atoms with Crippen LogP contribution < -0.4 is 10.6 Å². The SMILES string of the molecule is Cc1cc(C#N)cc(N(Cc2cccc(N)c2)C2CC2)n1. The summed E-state index contributed by atoms with van der Waals surface area (Å²) >= 11 is 0. The average molecular weight is 278 g/mol. The second-order valence-corrected chi connectivity index (χ2v) is 5.57. The van der Waals surface area contributed by atoms with Crippen LogP contribution in [0.4, 0.5) is 11.5 Å². The first-order valence-electron chi connectivity index (χ1n) is 7.15. The summed E-state index contributed by atoms with van der Waals surface area (Å²) in [4.78, 5) is 6.89. The minimum Gasteiger partial charge on any atom is -0.399 e. The van der Waals surface area contributed by atoms with E-state index in [-0.39, 0.29) is 0 Å². The topological polar surface area (TPSA) is 65.9 Å². The lowest BCUT2D eigenvalue weighted by molar-refractivity contribution is 0.775. The summed E-state index contributed by atoms with van der Waals surface area (Å²) in [6.45, 7) is 2.70. The maximum absolute atomic E-state index is 9.14. The van der Waals surface area contributed by atoms with E-state index in [0.717, 1.165) is 23.7 Å². The highest BCUT2D eigenvalue weighted by Gasteiger charge is 2.30. The minimum absolute atomic E-state index is 0.521. The van der Waals surface area contributed by atoms with Gasteiger partial charge in [0.1, 0.15) is 5.82 Å². The Bertz CT molecular complexity index is 698. The third kappa shape index (κ3) is 3.14. The number of rotatable bonds is 4. The molecule has 0 bridgehead atoms. The molecule has 0 unspecified atom stereocenters. The molecule has 21 heavy (non-hydrogen) atoms. The van der Waals surface area contributed by atoms with Gasteiger partial charge in [0.2, 0.25) is 0 Å². The van der Waals surface area contributed by atoms with Gasteiger partial charge in [-0.05, 0) is 49.6 Å². The number of nitrogen functional groups attached to an aromatic ring is 1. The molecule has 4 nitrogen and oxygen atoms in total. The van der Waals surface area contributed by atoms with E-state index < -0.39 is 0 Å². The first-order chi connectivity index (χ1) is 10.2. The zero-order valence-corrected chi connectivity index (χ0v) is 12.1. The molecule has 4 heteroatoms. The lowest BCUT2D eigenvalue weighted by Crippen LogP contribution is -2.26. The summed E-state index contributed by atoms with van der Waals surface area (Å²) in [5, 5.41) is 9.14. The van der Waals surface area contributed by atoms with E-state index in [0.29, 0.717) is 11.6 Å². The van der Waals surface area contributed by atoms with Gasteiger partial charge in [0.15, 0.2) is 0 Å². The van der Waals surface area contributed by atoms with E-state index in [2.05, 4.69) is 22.0 Å². The Morgan fingerprint density at radius 2 is 2.14 bits per heavy atom. The van der Waals surface area contributed by atoms with Crippen LogP contribution in [0.15, 0.2) is 36.4 Å². The van der Waals surface area contributed by atoms with E-state index in [1.54, 1.807) is 0 Å². The number of hydrogen-bond donors (Lipinski definition) is 1. The van der Waals surface area contributed by atoms with Crippen LogP contribution in [-0.4, -0.2) is 11.0 Å². The van der Waals surface area contributed by atoms with Crippen LogP contribution >= 0.6 is 0 Å². The van der Waals surface area contributed by atoms with Gasteiger partial charge in [-0.25, -0.2) is 4.98 Å². The molecule has 2 N–H and O–H groups in total. The quantitative estimate of drug-likeness (QED) is 0.873. The van der Waals surface area contributed by atoms with Crippen LogP contribution in [0.5, 0.6) is 0 Å². The molecular weight excluding hydrogens is 260 g/mol. The van der Waals surface area contributed by atoms with Gasteiger partial charge in [-0.1, -0.05) is 12.1 Å². The van der Waals surface area contributed by atoms with E-state index in [1.165, 1.54) is 18.4 Å². The van der Waals surface area contributed by atoms with Crippen LogP contribution in [0.25, 0.3) is 0 Å². The molecule has 3 rings (SSSR count). The Labute approximate surface area is 124 Å². The molecule has 1 fully saturated rings. The molecule has 1 heterocycles. The fraction of sp³-hybridized carbons (Fsp3) is 0.294. The summed E-state index contributed by atoms with van der Waals surface area (Å²) in [6.07, 6.45) is 2.36. The number of anilines is 2. The predicted octanol–water partition coefficient (Wildman–Crippen LogP) is 3.01. The van der Waals surface area contributed by atoms with Crippen molar-refractivity contribution in [3.63, 3.8) is 0 Å². The second kappa shape index (κ2) is 5.45. The Morgan fingerprint density at radius 3 is 2.81 bits per heavy atom. The summed E-state index contributed by atoms with van der Waals surface area (Å²) < 4.78 is 0. The van der Waals surface area contributed by atoms with Crippen LogP contribution in [0.3, 0.4) is 0 Å². The highest BCUT2D eigenvalue weighted by molar-refractivity contribution is 5.50. The predicted molar refractivity (Wildman–Crippen MR) is 83.7 cm³/mol. The monoisotopic (exact) mass is 278 g/mol. The highest BCUT2D eigenvalue weighted by atomic mass is 15.2. The molecule has 1 aromatic carbocycles. The van der Waals surface area contributed by atoms with Gasteiger partial charge in [-0.15, -0.1) is 0 Å². The number of aromatic nitrogens is 1. The zero-order valence-electron chi connectivity index (χ0n) is 12.1. The molecule has 1 aliphatic carbocycles. The van der Waals surface area contributed by atoms with Crippen molar-refractivity contribution in [2.24, 2.45) is 0 Å². The number of hydrogen-bond acceptors (Lipinski definition) is 4. The molecule has 0 aliphatic heterocycles. The van der Waals surface area contributed by atoms with Crippen molar-refractivity contribution < 1.29 is 0 Å². The van der Waals surface area contributed by atoms with E-state index >= 15 is 0 Å². The van der Waals surface area contributed by atoms with Crippen LogP contribution in [0.1, 0.15) is 29.7 Å². The normalized spacial score (nSPS) is 13.7. The fourth-order valence-electron chi connectivity index (χ4n) is 2.53. The lowest BCUT2D eigenvalue weighted by Gasteiger charge is -2.24. The molecule has 0 amide bonds. The molecule has 0 saturated heterocycles. The maximum atomic E-state index is 9.14.